The van der Waals surface area contributed by atoms with Gasteiger partial charge in [0.1, 0.15) is 12.4 Å². The summed E-state index contributed by atoms with van der Waals surface area (Å²) in [6, 6.07) is 24.9. The van der Waals surface area contributed by atoms with Crippen LogP contribution in [0.15, 0.2) is 96.0 Å². The maximum absolute atomic E-state index is 13.7. The van der Waals surface area contributed by atoms with Gasteiger partial charge in [0.05, 0.1) is 23.4 Å². The van der Waals surface area contributed by atoms with Crippen LogP contribution in [0, 0.1) is 0 Å². The summed E-state index contributed by atoms with van der Waals surface area (Å²) in [6.07, 6.45) is -3.19. The first-order valence-corrected chi connectivity index (χ1v) is 14.1. The summed E-state index contributed by atoms with van der Waals surface area (Å²) < 4.78 is 50.5. The zero-order chi connectivity index (χ0) is 29.7. The Morgan fingerprint density at radius 2 is 1.60 bits per heavy atom. The van der Waals surface area contributed by atoms with Crippen molar-refractivity contribution in [1.29, 1.82) is 0 Å². The Morgan fingerprint density at radius 3 is 2.31 bits per heavy atom. The number of anilines is 2. The minimum absolute atomic E-state index is 0.0323. The summed E-state index contributed by atoms with van der Waals surface area (Å²) in [7, 11) is 0. The molecule has 0 aliphatic heterocycles. The molecule has 2 aromatic heterocycles. The van der Waals surface area contributed by atoms with Gasteiger partial charge in [0.2, 0.25) is 0 Å². The Morgan fingerprint density at radius 1 is 0.833 bits per heavy atom. The van der Waals surface area contributed by atoms with Crippen molar-refractivity contribution in [2.75, 3.05) is 5.32 Å². The van der Waals surface area contributed by atoms with Gasteiger partial charge in [-0.3, -0.25) is 9.71 Å². The highest BCUT2D eigenvalue weighted by molar-refractivity contribution is 7.97. The number of alkyl halides is 3. The molecule has 0 fully saturated rings. The number of fused-ring (bicyclic) bond motifs is 1. The Bertz CT molecular complexity index is 1660. The molecule has 0 radical (unpaired) electrons. The molecular weight excluding hydrogens is 559 g/mol. The molecule has 10 heteroatoms. The van der Waals surface area contributed by atoms with E-state index in [1.807, 2.05) is 54.6 Å². The maximum atomic E-state index is 13.7. The van der Waals surface area contributed by atoms with Gasteiger partial charge in [-0.2, -0.15) is 13.2 Å². The van der Waals surface area contributed by atoms with Gasteiger partial charge in [0.25, 0.3) is 0 Å². The van der Waals surface area contributed by atoms with E-state index in [2.05, 4.69) is 40.8 Å². The van der Waals surface area contributed by atoms with E-state index in [0.29, 0.717) is 34.7 Å². The molecule has 5 rings (SSSR count). The predicted octanol–water partition coefficient (Wildman–Crippen LogP) is 8.57. The molecule has 0 aliphatic carbocycles. The Labute approximate surface area is 246 Å². The number of halogens is 3. The van der Waals surface area contributed by atoms with E-state index in [1.165, 1.54) is 12.3 Å². The fraction of sp³-hybridized carbons (Fsp3) is 0.219. The quantitative estimate of drug-likeness (QED) is 0.167. The summed E-state index contributed by atoms with van der Waals surface area (Å²) in [5.41, 5.74) is 1.61. The second-order valence-corrected chi connectivity index (χ2v) is 11.6. The van der Waals surface area contributed by atoms with Crippen molar-refractivity contribution in [3.8, 4) is 11.3 Å². The number of rotatable bonds is 9. The fourth-order valence-electron chi connectivity index (χ4n) is 4.14. The topological polar surface area (TPSA) is 72.0 Å². The summed E-state index contributed by atoms with van der Waals surface area (Å²) >= 11 is 1.55. The summed E-state index contributed by atoms with van der Waals surface area (Å²) in [5.74, 6) is 0.923. The SMILES string of the molecule is CC(C)(C)NSc1ccc(Nc2nc(COCc3ccccc3)nc3cc(-c4ncccc4C(F)(F)F)ccc23)cc1. The van der Waals surface area contributed by atoms with E-state index in [9.17, 15) is 13.2 Å². The summed E-state index contributed by atoms with van der Waals surface area (Å²) in [6.45, 7) is 6.78. The first kappa shape index (κ1) is 29.5. The summed E-state index contributed by atoms with van der Waals surface area (Å²) in [4.78, 5) is 14.5. The predicted molar refractivity (Wildman–Crippen MR) is 161 cm³/mol. The van der Waals surface area contributed by atoms with Crippen molar-refractivity contribution in [3.05, 3.63) is 108 Å². The largest absolute Gasteiger partial charge is 0.418 e. The number of nitrogens with zero attached hydrogens (tertiary/aromatic N) is 3. The van der Waals surface area contributed by atoms with Crippen LogP contribution in [-0.2, 0) is 24.1 Å². The average Bonchev–Trinajstić information content (AvgIpc) is 2.96. The van der Waals surface area contributed by atoms with Crippen LogP contribution in [0.5, 0.6) is 0 Å². The molecule has 216 valence electrons. The number of ether oxygens (including phenoxy) is 1. The van der Waals surface area contributed by atoms with Crippen LogP contribution < -0.4 is 10.0 Å². The smallest absolute Gasteiger partial charge is 0.369 e. The molecule has 2 N–H and O–H groups in total. The van der Waals surface area contributed by atoms with Crippen LogP contribution in [0.4, 0.5) is 24.7 Å². The van der Waals surface area contributed by atoms with Gasteiger partial charge in [-0.1, -0.05) is 36.4 Å². The third-order valence-corrected chi connectivity index (χ3v) is 7.29. The molecule has 6 nitrogen and oxygen atoms in total. The van der Waals surface area contributed by atoms with Gasteiger partial charge in [0.15, 0.2) is 5.82 Å². The third kappa shape index (κ3) is 7.64. The minimum atomic E-state index is -4.54. The van der Waals surface area contributed by atoms with Crippen molar-refractivity contribution >= 4 is 34.4 Å². The molecule has 0 saturated carbocycles. The van der Waals surface area contributed by atoms with E-state index in [0.717, 1.165) is 22.2 Å². The summed E-state index contributed by atoms with van der Waals surface area (Å²) in [5, 5.41) is 4.01. The Kier molecular flexibility index (Phi) is 8.77. The zero-order valence-electron chi connectivity index (χ0n) is 23.4. The Hall–Kier alpha value is -3.99. The molecule has 3 aromatic carbocycles. The second-order valence-electron chi connectivity index (χ2n) is 10.7. The molecule has 0 aliphatic rings. The molecule has 5 aromatic rings. The van der Waals surface area contributed by atoms with Crippen molar-refractivity contribution in [2.45, 2.75) is 50.6 Å². The number of pyridine rings is 1. The van der Waals surface area contributed by atoms with Crippen LogP contribution in [-0.4, -0.2) is 20.5 Å². The molecule has 42 heavy (non-hydrogen) atoms. The van der Waals surface area contributed by atoms with Gasteiger partial charge in [-0.25, -0.2) is 9.97 Å². The minimum Gasteiger partial charge on any atom is -0.369 e. The van der Waals surface area contributed by atoms with Gasteiger partial charge in [-0.05, 0) is 86.8 Å². The number of benzene rings is 3. The lowest BCUT2D eigenvalue weighted by Gasteiger charge is -2.19. The third-order valence-electron chi connectivity index (χ3n) is 6.06. The lowest BCUT2D eigenvalue weighted by atomic mass is 10.0. The van der Waals surface area contributed by atoms with Gasteiger partial charge < -0.3 is 10.1 Å². The number of aromatic nitrogens is 3. The van der Waals surface area contributed by atoms with Crippen LogP contribution in [0.2, 0.25) is 0 Å². The lowest BCUT2D eigenvalue weighted by molar-refractivity contribution is -0.137. The molecule has 2 heterocycles. The van der Waals surface area contributed by atoms with Gasteiger partial charge in [-0.15, -0.1) is 0 Å². The molecular formula is C32H30F3N5OS. The van der Waals surface area contributed by atoms with Gasteiger partial charge >= 0.3 is 6.18 Å². The first-order valence-electron chi connectivity index (χ1n) is 13.3. The molecule has 0 atom stereocenters. The number of hydrogen-bond donors (Lipinski definition) is 2. The van der Waals surface area contributed by atoms with Crippen molar-refractivity contribution in [2.24, 2.45) is 0 Å². The van der Waals surface area contributed by atoms with E-state index in [4.69, 9.17) is 9.72 Å². The normalized spacial score (nSPS) is 12.0. The first-order chi connectivity index (χ1) is 20.0. The average molecular weight is 590 g/mol. The highest BCUT2D eigenvalue weighted by Crippen LogP contribution is 2.37. The highest BCUT2D eigenvalue weighted by atomic mass is 32.2. The molecule has 0 bridgehead atoms. The monoisotopic (exact) mass is 589 g/mol. The number of hydrogen-bond acceptors (Lipinski definition) is 7. The van der Waals surface area contributed by atoms with Crippen LogP contribution >= 0.6 is 11.9 Å². The standard InChI is InChI=1S/C32H30F3N5OS/c1-31(2,3)40-42-24-14-12-23(13-15-24)37-30-25-16-11-22(29-26(32(33,34)35)10-7-17-36-29)18-27(25)38-28(39-30)20-41-19-21-8-5-4-6-9-21/h4-18,40H,19-20H2,1-3H3,(H,37,38,39). The van der Waals surface area contributed by atoms with Crippen LogP contribution in [0.3, 0.4) is 0 Å². The fourth-order valence-corrected chi connectivity index (χ4v) is 4.83. The molecule has 0 unspecified atom stereocenters. The highest BCUT2D eigenvalue weighted by Gasteiger charge is 2.34. The lowest BCUT2D eigenvalue weighted by Crippen LogP contribution is -2.29. The molecule has 0 amide bonds. The van der Waals surface area contributed by atoms with Crippen LogP contribution in [0.1, 0.15) is 37.7 Å². The van der Waals surface area contributed by atoms with Crippen LogP contribution in [0.25, 0.3) is 22.2 Å². The van der Waals surface area contributed by atoms with E-state index in [-0.39, 0.29) is 17.8 Å². The second kappa shape index (κ2) is 12.5. The Balaban J connectivity index is 1.47. The van der Waals surface area contributed by atoms with Crippen molar-refractivity contribution < 1.29 is 17.9 Å². The number of nitrogens with one attached hydrogen (secondary N) is 2. The van der Waals surface area contributed by atoms with E-state index >= 15 is 0 Å². The van der Waals surface area contributed by atoms with E-state index in [1.54, 1.807) is 30.1 Å². The van der Waals surface area contributed by atoms with E-state index < -0.39 is 11.7 Å². The molecule has 0 saturated heterocycles. The van der Waals surface area contributed by atoms with Crippen molar-refractivity contribution in [3.63, 3.8) is 0 Å². The maximum Gasteiger partial charge on any atom is 0.418 e. The van der Waals surface area contributed by atoms with Gasteiger partial charge in [0, 0.05) is 33.3 Å². The van der Waals surface area contributed by atoms with Crippen molar-refractivity contribution in [1.82, 2.24) is 19.7 Å². The molecule has 0 spiro atoms. The zero-order valence-corrected chi connectivity index (χ0v) is 24.2.